The maximum atomic E-state index is 12.5. The molecule has 5 heteroatoms. The lowest BCUT2D eigenvalue weighted by atomic mass is 10.1. The van der Waals surface area contributed by atoms with E-state index in [4.69, 9.17) is 10.5 Å². The molecule has 0 saturated heterocycles. The zero-order chi connectivity index (χ0) is 14.6. The van der Waals surface area contributed by atoms with Crippen LogP contribution in [-0.4, -0.2) is 6.54 Å². The largest absolute Gasteiger partial charge is 0.484 e. The molecule has 0 saturated carbocycles. The van der Waals surface area contributed by atoms with Crippen molar-refractivity contribution in [3.8, 4) is 5.75 Å². The topological polar surface area (TPSA) is 35.2 Å². The van der Waals surface area contributed by atoms with Crippen LogP contribution in [0.1, 0.15) is 17.2 Å². The zero-order valence-electron chi connectivity index (χ0n) is 10.6. The molecule has 20 heavy (non-hydrogen) atoms. The average Bonchev–Trinajstić information content (AvgIpc) is 2.45. The van der Waals surface area contributed by atoms with Gasteiger partial charge in [0, 0.05) is 6.54 Å². The van der Waals surface area contributed by atoms with Gasteiger partial charge >= 0.3 is 6.18 Å². The first-order valence-electron chi connectivity index (χ1n) is 6.09. The SMILES string of the molecule is NCC(Oc1ccc(C(F)(F)F)cc1)c1ccccc1. The fraction of sp³-hybridized carbons (Fsp3) is 0.200. The number of benzene rings is 2. The van der Waals surface area contributed by atoms with Crippen molar-refractivity contribution in [3.05, 3.63) is 65.7 Å². The van der Waals surface area contributed by atoms with Crippen LogP contribution in [0.4, 0.5) is 13.2 Å². The van der Waals surface area contributed by atoms with Gasteiger partial charge in [-0.2, -0.15) is 13.2 Å². The van der Waals surface area contributed by atoms with Gasteiger partial charge in [0.05, 0.1) is 5.56 Å². The Morgan fingerprint density at radius 3 is 2.05 bits per heavy atom. The molecule has 0 aliphatic rings. The molecule has 0 fully saturated rings. The molecule has 0 heterocycles. The van der Waals surface area contributed by atoms with Crippen LogP contribution in [0.5, 0.6) is 5.75 Å². The molecule has 0 aromatic heterocycles. The summed E-state index contributed by atoms with van der Waals surface area (Å²) in [5.41, 5.74) is 5.83. The second-order valence-electron chi connectivity index (χ2n) is 4.28. The molecule has 1 unspecified atom stereocenters. The lowest BCUT2D eigenvalue weighted by Crippen LogP contribution is -2.18. The van der Waals surface area contributed by atoms with Crippen molar-refractivity contribution in [2.24, 2.45) is 5.73 Å². The molecule has 0 aliphatic carbocycles. The molecule has 2 aromatic rings. The monoisotopic (exact) mass is 281 g/mol. The second kappa shape index (κ2) is 5.96. The highest BCUT2D eigenvalue weighted by Crippen LogP contribution is 2.31. The van der Waals surface area contributed by atoms with E-state index in [0.717, 1.165) is 17.7 Å². The molecule has 2 N–H and O–H groups in total. The summed E-state index contributed by atoms with van der Waals surface area (Å²) in [7, 11) is 0. The molecule has 2 nitrogen and oxygen atoms in total. The molecule has 0 aliphatic heterocycles. The minimum absolute atomic E-state index is 0.241. The summed E-state index contributed by atoms with van der Waals surface area (Å²) in [6.07, 6.45) is -4.72. The number of hydrogen-bond donors (Lipinski definition) is 1. The summed E-state index contributed by atoms with van der Waals surface area (Å²) in [4.78, 5) is 0. The summed E-state index contributed by atoms with van der Waals surface area (Å²) in [5.74, 6) is 0.359. The predicted molar refractivity (Wildman–Crippen MR) is 70.3 cm³/mol. The van der Waals surface area contributed by atoms with Crippen molar-refractivity contribution < 1.29 is 17.9 Å². The van der Waals surface area contributed by atoms with E-state index in [1.807, 2.05) is 30.3 Å². The van der Waals surface area contributed by atoms with Crippen molar-refractivity contribution in [1.29, 1.82) is 0 Å². The van der Waals surface area contributed by atoms with E-state index in [-0.39, 0.29) is 12.6 Å². The second-order valence-corrected chi connectivity index (χ2v) is 4.28. The maximum absolute atomic E-state index is 12.5. The Kier molecular flexibility index (Phi) is 4.29. The van der Waals surface area contributed by atoms with Crippen molar-refractivity contribution in [2.45, 2.75) is 12.3 Å². The first-order valence-corrected chi connectivity index (χ1v) is 6.09. The Hall–Kier alpha value is -2.01. The highest BCUT2D eigenvalue weighted by molar-refractivity contribution is 5.30. The smallest absolute Gasteiger partial charge is 0.416 e. The Morgan fingerprint density at radius 1 is 0.950 bits per heavy atom. The third-order valence-electron chi connectivity index (χ3n) is 2.85. The Labute approximate surface area is 115 Å². The van der Waals surface area contributed by atoms with Gasteiger partial charge in [0.2, 0.25) is 0 Å². The minimum atomic E-state index is -4.34. The van der Waals surface area contributed by atoms with Crippen LogP contribution in [0.2, 0.25) is 0 Å². The number of halogens is 3. The number of ether oxygens (including phenoxy) is 1. The molecular formula is C15H14F3NO. The van der Waals surface area contributed by atoms with Gasteiger partial charge in [-0.25, -0.2) is 0 Å². The van der Waals surface area contributed by atoms with Crippen molar-refractivity contribution in [2.75, 3.05) is 6.54 Å². The molecular weight excluding hydrogens is 267 g/mol. The fourth-order valence-corrected chi connectivity index (χ4v) is 1.81. The molecule has 2 rings (SSSR count). The van der Waals surface area contributed by atoms with Crippen molar-refractivity contribution in [1.82, 2.24) is 0 Å². The summed E-state index contributed by atoms with van der Waals surface area (Å²) in [5, 5.41) is 0. The van der Waals surface area contributed by atoms with Gasteiger partial charge in [0.25, 0.3) is 0 Å². The van der Waals surface area contributed by atoms with Crippen molar-refractivity contribution >= 4 is 0 Å². The van der Waals surface area contributed by atoms with E-state index in [1.54, 1.807) is 0 Å². The fourth-order valence-electron chi connectivity index (χ4n) is 1.81. The number of hydrogen-bond acceptors (Lipinski definition) is 2. The maximum Gasteiger partial charge on any atom is 0.416 e. The lowest BCUT2D eigenvalue weighted by Gasteiger charge is -2.18. The van der Waals surface area contributed by atoms with Gasteiger partial charge in [-0.3, -0.25) is 0 Å². The summed E-state index contributed by atoms with van der Waals surface area (Å²) >= 11 is 0. The van der Waals surface area contributed by atoms with Crippen LogP contribution in [0.3, 0.4) is 0 Å². The molecule has 1 atom stereocenters. The average molecular weight is 281 g/mol. The molecule has 0 spiro atoms. The van der Waals surface area contributed by atoms with E-state index in [1.165, 1.54) is 12.1 Å². The number of nitrogens with two attached hydrogens (primary N) is 1. The normalized spacial score (nSPS) is 13.0. The van der Waals surface area contributed by atoms with Gasteiger partial charge in [0.1, 0.15) is 11.9 Å². The van der Waals surface area contributed by atoms with Gasteiger partial charge in [0.15, 0.2) is 0 Å². The van der Waals surface area contributed by atoms with Crippen LogP contribution in [0.15, 0.2) is 54.6 Å². The number of alkyl halides is 3. The van der Waals surface area contributed by atoms with Crippen LogP contribution >= 0.6 is 0 Å². The van der Waals surface area contributed by atoms with Crippen LogP contribution in [0, 0.1) is 0 Å². The Bertz CT molecular complexity index is 537. The van der Waals surface area contributed by atoms with E-state index in [0.29, 0.717) is 5.75 Å². The van der Waals surface area contributed by atoms with Crippen molar-refractivity contribution in [3.63, 3.8) is 0 Å². The summed E-state index contributed by atoms with van der Waals surface area (Å²) in [6, 6.07) is 13.9. The van der Waals surface area contributed by atoms with E-state index >= 15 is 0 Å². The summed E-state index contributed by atoms with van der Waals surface area (Å²) in [6.45, 7) is 0.241. The Morgan fingerprint density at radius 2 is 1.55 bits per heavy atom. The first kappa shape index (κ1) is 14.4. The van der Waals surface area contributed by atoms with Crippen LogP contribution in [0.25, 0.3) is 0 Å². The third kappa shape index (κ3) is 3.51. The molecule has 0 amide bonds. The molecule has 2 aromatic carbocycles. The summed E-state index contributed by atoms with van der Waals surface area (Å²) < 4.78 is 43.0. The number of rotatable bonds is 4. The molecule has 0 radical (unpaired) electrons. The van der Waals surface area contributed by atoms with Crippen LogP contribution < -0.4 is 10.5 Å². The quantitative estimate of drug-likeness (QED) is 0.925. The zero-order valence-corrected chi connectivity index (χ0v) is 10.6. The third-order valence-corrected chi connectivity index (χ3v) is 2.85. The van der Waals surface area contributed by atoms with Gasteiger partial charge in [-0.1, -0.05) is 30.3 Å². The minimum Gasteiger partial charge on any atom is -0.484 e. The van der Waals surface area contributed by atoms with E-state index in [2.05, 4.69) is 0 Å². The molecule has 0 bridgehead atoms. The van der Waals surface area contributed by atoms with E-state index < -0.39 is 11.7 Å². The van der Waals surface area contributed by atoms with Gasteiger partial charge in [-0.05, 0) is 29.8 Å². The highest BCUT2D eigenvalue weighted by atomic mass is 19.4. The standard InChI is InChI=1S/C15H14F3NO/c16-15(17,18)12-6-8-13(9-7-12)20-14(10-19)11-4-2-1-3-5-11/h1-9,14H,10,19H2. The molecule has 106 valence electrons. The van der Waals surface area contributed by atoms with Crippen LogP contribution in [-0.2, 0) is 6.18 Å². The Balaban J connectivity index is 2.13. The lowest BCUT2D eigenvalue weighted by molar-refractivity contribution is -0.137. The van der Waals surface area contributed by atoms with Gasteiger partial charge < -0.3 is 10.5 Å². The first-order chi connectivity index (χ1) is 9.50. The predicted octanol–water partition coefficient (Wildman–Crippen LogP) is 3.78. The van der Waals surface area contributed by atoms with E-state index in [9.17, 15) is 13.2 Å². The highest BCUT2D eigenvalue weighted by Gasteiger charge is 2.30. The van der Waals surface area contributed by atoms with Gasteiger partial charge in [-0.15, -0.1) is 0 Å².